The monoisotopic (exact) mass is 356 g/mol. The van der Waals surface area contributed by atoms with E-state index >= 15 is 0 Å². The molecule has 26 heavy (non-hydrogen) atoms. The van der Waals surface area contributed by atoms with Crippen molar-refractivity contribution in [3.8, 4) is 0 Å². The van der Waals surface area contributed by atoms with Gasteiger partial charge in [-0.2, -0.15) is 0 Å². The number of carbonyl (C=O) groups excluding carboxylic acids is 3. The van der Waals surface area contributed by atoms with Gasteiger partial charge in [0.1, 0.15) is 6.04 Å². The van der Waals surface area contributed by atoms with Crippen LogP contribution in [-0.4, -0.2) is 52.7 Å². The molecule has 3 N–H and O–H groups in total. The van der Waals surface area contributed by atoms with Crippen LogP contribution in [0.1, 0.15) is 47.2 Å². The van der Waals surface area contributed by atoms with Crippen LogP contribution >= 0.6 is 0 Å². The fourth-order valence-corrected chi connectivity index (χ4v) is 4.11. The maximum atomic E-state index is 12.9. The highest BCUT2D eigenvalue weighted by Crippen LogP contribution is 2.41. The Morgan fingerprint density at radius 2 is 2.08 bits per heavy atom. The topological polar surface area (TPSA) is 95.7 Å². The number of nitrogens with one attached hydrogen (secondary N) is 1. The Morgan fingerprint density at radius 3 is 2.73 bits per heavy atom. The molecule has 2 heterocycles. The van der Waals surface area contributed by atoms with Gasteiger partial charge in [-0.3, -0.25) is 24.6 Å². The van der Waals surface area contributed by atoms with Crippen LogP contribution in [-0.2, 0) is 22.7 Å². The molecule has 1 saturated carbocycles. The Balaban J connectivity index is 1.56. The minimum absolute atomic E-state index is 0.0919. The minimum Gasteiger partial charge on any atom is -0.329 e. The van der Waals surface area contributed by atoms with Gasteiger partial charge in [0.2, 0.25) is 11.8 Å². The molecule has 7 heteroatoms. The predicted molar refractivity (Wildman–Crippen MR) is 95.0 cm³/mol. The number of fused-ring (bicyclic) bond motifs is 1. The highest BCUT2D eigenvalue weighted by molar-refractivity contribution is 6.05. The Hall–Kier alpha value is -2.25. The van der Waals surface area contributed by atoms with Gasteiger partial charge in [-0.15, -0.1) is 0 Å². The van der Waals surface area contributed by atoms with Crippen LogP contribution in [0, 0.1) is 0 Å². The average Bonchev–Trinajstić information content (AvgIpc) is 3.35. The number of carbonyl (C=O) groups is 3. The van der Waals surface area contributed by atoms with Gasteiger partial charge in [0.15, 0.2) is 0 Å². The maximum Gasteiger partial charge on any atom is 0.255 e. The predicted octanol–water partition coefficient (Wildman–Crippen LogP) is 0.371. The van der Waals surface area contributed by atoms with Crippen LogP contribution < -0.4 is 11.1 Å². The number of hydrogen-bond acceptors (Lipinski definition) is 5. The summed E-state index contributed by atoms with van der Waals surface area (Å²) in [4.78, 5) is 40.3. The highest BCUT2D eigenvalue weighted by atomic mass is 16.2. The van der Waals surface area contributed by atoms with Crippen LogP contribution in [0.15, 0.2) is 18.2 Å². The molecule has 1 aromatic rings. The fraction of sp³-hybridized carbons (Fsp3) is 0.526. The third-order valence-electron chi connectivity index (χ3n) is 6.10. The van der Waals surface area contributed by atoms with E-state index in [2.05, 4.69) is 17.3 Å². The first-order chi connectivity index (χ1) is 12.4. The Morgan fingerprint density at radius 1 is 1.31 bits per heavy atom. The Labute approximate surface area is 152 Å². The van der Waals surface area contributed by atoms with E-state index in [-0.39, 0.29) is 29.7 Å². The summed E-state index contributed by atoms with van der Waals surface area (Å²) in [7, 11) is 2.08. The Kier molecular flexibility index (Phi) is 4.08. The number of nitrogens with two attached hydrogens (primary N) is 1. The molecule has 1 saturated heterocycles. The molecule has 3 aliphatic rings. The molecule has 1 unspecified atom stereocenters. The van der Waals surface area contributed by atoms with Gasteiger partial charge in [-0.1, -0.05) is 12.1 Å². The van der Waals surface area contributed by atoms with E-state index in [4.69, 9.17) is 5.73 Å². The normalized spacial score (nSPS) is 24.0. The molecule has 4 rings (SSSR count). The molecule has 1 aromatic carbocycles. The highest BCUT2D eigenvalue weighted by Gasteiger charge is 2.45. The van der Waals surface area contributed by atoms with Crippen LogP contribution in [0.5, 0.6) is 0 Å². The number of piperidine rings is 1. The van der Waals surface area contributed by atoms with Crippen molar-refractivity contribution >= 4 is 17.7 Å². The van der Waals surface area contributed by atoms with Gasteiger partial charge >= 0.3 is 0 Å². The lowest BCUT2D eigenvalue weighted by Gasteiger charge is -2.29. The molecule has 0 radical (unpaired) electrons. The molecule has 2 aliphatic heterocycles. The Bertz CT molecular complexity index is 787. The third kappa shape index (κ3) is 2.71. The van der Waals surface area contributed by atoms with Gasteiger partial charge in [0, 0.05) is 37.2 Å². The molecule has 2 fully saturated rings. The van der Waals surface area contributed by atoms with Crippen LogP contribution in [0.4, 0.5) is 0 Å². The second kappa shape index (κ2) is 6.17. The fourth-order valence-electron chi connectivity index (χ4n) is 4.11. The summed E-state index contributed by atoms with van der Waals surface area (Å²) < 4.78 is 0. The number of benzene rings is 1. The lowest BCUT2D eigenvalue weighted by atomic mass is 10.0. The van der Waals surface area contributed by atoms with E-state index < -0.39 is 6.04 Å². The zero-order valence-electron chi connectivity index (χ0n) is 15.0. The summed E-state index contributed by atoms with van der Waals surface area (Å²) in [6.07, 6.45) is 2.87. The zero-order valence-corrected chi connectivity index (χ0v) is 15.0. The van der Waals surface area contributed by atoms with Crippen molar-refractivity contribution in [2.24, 2.45) is 5.73 Å². The standard InChI is InChI=1S/C19H24N4O3/c1-22(19(11-20)7-8-19)9-12-3-2-4-13-14(12)10-23(18(13)26)15-5-6-16(24)21-17(15)25/h2-4,15H,5-11,20H2,1H3,(H,21,24,25). The van der Waals surface area contributed by atoms with Gasteiger partial charge in [-0.25, -0.2) is 0 Å². The molecule has 7 nitrogen and oxygen atoms in total. The van der Waals surface area contributed by atoms with E-state index in [9.17, 15) is 14.4 Å². The molecule has 0 spiro atoms. The zero-order chi connectivity index (χ0) is 18.5. The van der Waals surface area contributed by atoms with E-state index in [0.717, 1.165) is 30.5 Å². The molecule has 138 valence electrons. The van der Waals surface area contributed by atoms with E-state index in [0.29, 0.717) is 25.1 Å². The van der Waals surface area contributed by atoms with Crippen LogP contribution in [0.3, 0.4) is 0 Å². The van der Waals surface area contributed by atoms with E-state index in [1.807, 2.05) is 18.2 Å². The third-order valence-corrected chi connectivity index (χ3v) is 6.10. The first kappa shape index (κ1) is 17.2. The number of rotatable bonds is 5. The molecule has 1 atom stereocenters. The number of amides is 3. The van der Waals surface area contributed by atoms with Crippen molar-refractivity contribution in [1.82, 2.24) is 15.1 Å². The van der Waals surface area contributed by atoms with Crippen molar-refractivity contribution in [1.29, 1.82) is 0 Å². The molecule has 3 amide bonds. The average molecular weight is 356 g/mol. The van der Waals surface area contributed by atoms with Crippen LogP contribution in [0.25, 0.3) is 0 Å². The number of hydrogen-bond donors (Lipinski definition) is 2. The lowest BCUT2D eigenvalue weighted by Crippen LogP contribution is -2.52. The maximum absolute atomic E-state index is 12.9. The van der Waals surface area contributed by atoms with E-state index in [1.165, 1.54) is 0 Å². The second-order valence-electron chi connectivity index (χ2n) is 7.63. The minimum atomic E-state index is -0.572. The van der Waals surface area contributed by atoms with Gasteiger partial charge in [0.25, 0.3) is 5.91 Å². The molecule has 0 bridgehead atoms. The molecule has 0 aromatic heterocycles. The molecular weight excluding hydrogens is 332 g/mol. The summed E-state index contributed by atoms with van der Waals surface area (Å²) >= 11 is 0. The summed E-state index contributed by atoms with van der Waals surface area (Å²) in [5.41, 5.74) is 8.78. The first-order valence-electron chi connectivity index (χ1n) is 9.12. The summed E-state index contributed by atoms with van der Waals surface area (Å²) in [5, 5.41) is 2.34. The molecule has 1 aliphatic carbocycles. The number of imide groups is 1. The number of likely N-dealkylation sites (N-methyl/N-ethyl adjacent to an activating group) is 1. The summed E-state index contributed by atoms with van der Waals surface area (Å²) in [5.74, 6) is -0.769. The van der Waals surface area contributed by atoms with Gasteiger partial charge in [-0.05, 0) is 43.5 Å². The van der Waals surface area contributed by atoms with Crippen molar-refractivity contribution in [3.63, 3.8) is 0 Å². The van der Waals surface area contributed by atoms with Crippen LogP contribution in [0.2, 0.25) is 0 Å². The smallest absolute Gasteiger partial charge is 0.255 e. The largest absolute Gasteiger partial charge is 0.329 e. The van der Waals surface area contributed by atoms with E-state index in [1.54, 1.807) is 4.90 Å². The second-order valence-corrected chi connectivity index (χ2v) is 7.63. The molecular formula is C19H24N4O3. The quantitative estimate of drug-likeness (QED) is 0.743. The van der Waals surface area contributed by atoms with Crippen molar-refractivity contribution < 1.29 is 14.4 Å². The van der Waals surface area contributed by atoms with Crippen molar-refractivity contribution in [2.45, 2.75) is 50.4 Å². The SMILES string of the molecule is CN(Cc1cccc2c1CN(C1CCC(=O)NC1=O)C2=O)C1(CN)CC1. The van der Waals surface area contributed by atoms with Gasteiger partial charge in [0.05, 0.1) is 0 Å². The summed E-state index contributed by atoms with van der Waals surface area (Å²) in [6.45, 7) is 1.79. The lowest BCUT2D eigenvalue weighted by molar-refractivity contribution is -0.136. The first-order valence-corrected chi connectivity index (χ1v) is 9.12. The number of nitrogens with zero attached hydrogens (tertiary/aromatic N) is 2. The summed E-state index contributed by atoms with van der Waals surface area (Å²) in [6, 6.07) is 5.19. The van der Waals surface area contributed by atoms with Crippen molar-refractivity contribution in [3.05, 3.63) is 34.9 Å². The van der Waals surface area contributed by atoms with Gasteiger partial charge < -0.3 is 10.6 Å². The van der Waals surface area contributed by atoms with Crippen molar-refractivity contribution in [2.75, 3.05) is 13.6 Å².